The Morgan fingerprint density at radius 2 is 1.93 bits per heavy atom. The summed E-state index contributed by atoms with van der Waals surface area (Å²) in [6.45, 7) is 8.57. The molecule has 0 unspecified atom stereocenters. The Labute approximate surface area is 165 Å². The number of hydrogen-bond donors (Lipinski definition) is 1. The molecule has 1 saturated carbocycles. The molecule has 0 amide bonds. The molecule has 28 heavy (non-hydrogen) atoms. The van der Waals surface area contributed by atoms with Gasteiger partial charge in [-0.2, -0.15) is 0 Å². The maximum atomic E-state index is 13.6. The highest BCUT2D eigenvalue weighted by Gasteiger charge is 2.37. The average Bonchev–Trinajstić information content (AvgIpc) is 2.92. The number of carbonyl (C=O) groups is 2. The van der Waals surface area contributed by atoms with Crippen LogP contribution in [0.1, 0.15) is 62.1 Å². The fourth-order valence-corrected chi connectivity index (χ4v) is 4.68. The second-order valence-electron chi connectivity index (χ2n) is 8.59. The monoisotopic (exact) mass is 385 g/mol. The van der Waals surface area contributed by atoms with Gasteiger partial charge < -0.3 is 5.73 Å². The van der Waals surface area contributed by atoms with Gasteiger partial charge in [0, 0.05) is 24.6 Å². The number of nitrogens with two attached hydrogens (primary N) is 1. The molecule has 1 heterocycles. The van der Waals surface area contributed by atoms with Crippen LogP contribution in [-0.2, 0) is 6.54 Å². The number of imidazole rings is 1. The molecule has 3 atom stereocenters. The second-order valence-corrected chi connectivity index (χ2v) is 8.59. The number of Topliss-reactive ketones (excluding diaryl/α,β-unsaturated/α-hetero) is 1. The van der Waals surface area contributed by atoms with E-state index in [1.807, 2.05) is 0 Å². The van der Waals surface area contributed by atoms with Gasteiger partial charge >= 0.3 is 5.69 Å². The molecular formula is C22H31N3O3. The summed E-state index contributed by atoms with van der Waals surface area (Å²) < 4.78 is 2.85. The first-order valence-electron chi connectivity index (χ1n) is 10.3. The van der Waals surface area contributed by atoms with E-state index < -0.39 is 0 Å². The van der Waals surface area contributed by atoms with Gasteiger partial charge in [0.25, 0.3) is 0 Å². The molecule has 1 aromatic carbocycles. The number of aromatic nitrogens is 2. The van der Waals surface area contributed by atoms with E-state index in [9.17, 15) is 14.4 Å². The van der Waals surface area contributed by atoms with Crippen LogP contribution in [0.4, 0.5) is 0 Å². The van der Waals surface area contributed by atoms with Crippen molar-refractivity contribution in [1.82, 2.24) is 9.13 Å². The van der Waals surface area contributed by atoms with Crippen molar-refractivity contribution >= 4 is 22.7 Å². The summed E-state index contributed by atoms with van der Waals surface area (Å²) in [7, 11) is 0. The van der Waals surface area contributed by atoms with Crippen molar-refractivity contribution in [2.45, 2.75) is 53.5 Å². The fraction of sp³-hybridized carbons (Fsp3) is 0.591. The van der Waals surface area contributed by atoms with Crippen molar-refractivity contribution in [3.63, 3.8) is 0 Å². The Kier molecular flexibility index (Phi) is 5.89. The maximum absolute atomic E-state index is 13.6. The van der Waals surface area contributed by atoms with Crippen LogP contribution in [0.5, 0.6) is 0 Å². The van der Waals surface area contributed by atoms with Crippen LogP contribution >= 0.6 is 0 Å². The summed E-state index contributed by atoms with van der Waals surface area (Å²) in [6, 6.07) is 5.10. The zero-order valence-corrected chi connectivity index (χ0v) is 17.3. The van der Waals surface area contributed by atoms with Crippen LogP contribution in [-0.4, -0.2) is 27.4 Å². The van der Waals surface area contributed by atoms with Gasteiger partial charge in [0.2, 0.25) is 5.91 Å². The van der Waals surface area contributed by atoms with Crippen LogP contribution in [0.15, 0.2) is 23.0 Å². The van der Waals surface area contributed by atoms with Crippen molar-refractivity contribution in [3.8, 4) is 0 Å². The number of nitrogens with zero attached hydrogens (tertiary/aromatic N) is 2. The first-order chi connectivity index (χ1) is 13.3. The van der Waals surface area contributed by atoms with E-state index in [2.05, 4.69) is 20.8 Å². The molecule has 2 aromatic rings. The standard InChI is InChI=1S/C22H31N3O3/c1-13(2)17-7-5-14(3)11-18(17)21(27)25-19-8-6-16(15(4)26)12-20(19)24(10-9-23)22(25)28/h6,8,12-14,17-18H,5,7,9-11,23H2,1-4H3/t14-,17+,18-/m1/s1. The van der Waals surface area contributed by atoms with Crippen molar-refractivity contribution in [1.29, 1.82) is 0 Å². The molecule has 152 valence electrons. The Morgan fingerprint density at radius 1 is 1.21 bits per heavy atom. The minimum atomic E-state index is -0.355. The van der Waals surface area contributed by atoms with E-state index in [0.29, 0.717) is 35.0 Å². The molecule has 2 N–H and O–H groups in total. The highest BCUT2D eigenvalue weighted by Crippen LogP contribution is 2.39. The molecule has 0 spiro atoms. The lowest BCUT2D eigenvalue weighted by atomic mass is 9.69. The lowest BCUT2D eigenvalue weighted by molar-refractivity contribution is 0.0633. The van der Waals surface area contributed by atoms with Gasteiger partial charge in [0.1, 0.15) is 0 Å². The van der Waals surface area contributed by atoms with Crippen LogP contribution in [0.25, 0.3) is 11.0 Å². The Hall–Kier alpha value is -2.21. The third-order valence-electron chi connectivity index (χ3n) is 6.25. The van der Waals surface area contributed by atoms with E-state index in [0.717, 1.165) is 19.3 Å². The molecule has 1 fully saturated rings. The van der Waals surface area contributed by atoms with E-state index in [1.54, 1.807) is 18.2 Å². The third kappa shape index (κ3) is 3.58. The summed E-state index contributed by atoms with van der Waals surface area (Å²) in [5.41, 5.74) is 7.04. The number of ketones is 1. The van der Waals surface area contributed by atoms with Crippen molar-refractivity contribution in [2.24, 2.45) is 29.4 Å². The van der Waals surface area contributed by atoms with Crippen molar-refractivity contribution in [2.75, 3.05) is 6.54 Å². The molecule has 1 aromatic heterocycles. The molecule has 1 aliphatic rings. The molecule has 0 aliphatic heterocycles. The van der Waals surface area contributed by atoms with Gasteiger partial charge in [0.05, 0.1) is 11.0 Å². The summed E-state index contributed by atoms with van der Waals surface area (Å²) in [6.07, 6.45) is 2.95. The zero-order valence-electron chi connectivity index (χ0n) is 17.3. The van der Waals surface area contributed by atoms with Gasteiger partial charge in [-0.05, 0) is 55.7 Å². The second kappa shape index (κ2) is 8.03. The fourth-order valence-electron chi connectivity index (χ4n) is 4.68. The Morgan fingerprint density at radius 3 is 2.54 bits per heavy atom. The van der Waals surface area contributed by atoms with Gasteiger partial charge in [-0.1, -0.05) is 27.2 Å². The van der Waals surface area contributed by atoms with E-state index in [4.69, 9.17) is 5.73 Å². The summed E-state index contributed by atoms with van der Waals surface area (Å²) in [4.78, 5) is 38.5. The summed E-state index contributed by atoms with van der Waals surface area (Å²) >= 11 is 0. The van der Waals surface area contributed by atoms with E-state index in [-0.39, 0.29) is 35.8 Å². The summed E-state index contributed by atoms with van der Waals surface area (Å²) in [5.74, 6) is 0.784. The van der Waals surface area contributed by atoms with Crippen molar-refractivity contribution < 1.29 is 9.59 Å². The molecule has 6 heteroatoms. The van der Waals surface area contributed by atoms with Crippen LogP contribution < -0.4 is 11.4 Å². The number of rotatable bonds is 5. The molecule has 0 radical (unpaired) electrons. The number of benzene rings is 1. The molecule has 3 rings (SSSR count). The Bertz CT molecular complexity index is 954. The predicted molar refractivity (Wildman–Crippen MR) is 111 cm³/mol. The third-order valence-corrected chi connectivity index (χ3v) is 6.25. The first kappa shape index (κ1) is 20.5. The molecule has 6 nitrogen and oxygen atoms in total. The first-order valence-corrected chi connectivity index (χ1v) is 10.3. The topological polar surface area (TPSA) is 87.1 Å². The number of fused-ring (bicyclic) bond motifs is 1. The largest absolute Gasteiger partial charge is 0.336 e. The zero-order chi connectivity index (χ0) is 20.6. The number of hydrogen-bond acceptors (Lipinski definition) is 4. The average molecular weight is 386 g/mol. The van der Waals surface area contributed by atoms with Gasteiger partial charge in [-0.15, -0.1) is 0 Å². The highest BCUT2D eigenvalue weighted by molar-refractivity contribution is 5.99. The lowest BCUT2D eigenvalue weighted by Gasteiger charge is -2.36. The van der Waals surface area contributed by atoms with Crippen LogP contribution in [0.2, 0.25) is 0 Å². The highest BCUT2D eigenvalue weighted by atomic mass is 16.2. The quantitative estimate of drug-likeness (QED) is 0.800. The minimum Gasteiger partial charge on any atom is -0.329 e. The Balaban J connectivity index is 2.16. The number of carbonyl (C=O) groups excluding carboxylic acids is 2. The van der Waals surface area contributed by atoms with Crippen molar-refractivity contribution in [3.05, 3.63) is 34.2 Å². The lowest BCUT2D eigenvalue weighted by Crippen LogP contribution is -2.40. The van der Waals surface area contributed by atoms with Gasteiger partial charge in [-0.3, -0.25) is 14.2 Å². The molecule has 1 aliphatic carbocycles. The van der Waals surface area contributed by atoms with Gasteiger partial charge in [0.15, 0.2) is 5.78 Å². The predicted octanol–water partition coefficient (Wildman–Crippen LogP) is 3.31. The molecule has 0 bridgehead atoms. The smallest absolute Gasteiger partial charge is 0.329 e. The minimum absolute atomic E-state index is 0.0753. The maximum Gasteiger partial charge on any atom is 0.336 e. The van der Waals surface area contributed by atoms with Crippen LogP contribution in [0.3, 0.4) is 0 Å². The van der Waals surface area contributed by atoms with E-state index in [1.165, 1.54) is 16.1 Å². The van der Waals surface area contributed by atoms with Gasteiger partial charge in [-0.25, -0.2) is 9.36 Å². The molecule has 0 saturated heterocycles. The van der Waals surface area contributed by atoms with E-state index >= 15 is 0 Å². The summed E-state index contributed by atoms with van der Waals surface area (Å²) in [5, 5.41) is 0. The van der Waals surface area contributed by atoms with Crippen LogP contribution in [0, 0.1) is 23.7 Å². The molecular weight excluding hydrogens is 354 g/mol. The normalized spacial score (nSPS) is 22.7. The SMILES string of the molecule is CC(=O)c1ccc2c(c1)n(CCN)c(=O)n2C(=O)[C@@H]1C[C@H](C)CC[C@H]1C(C)C.